The first kappa shape index (κ1) is 23.1. The zero-order valence-electron chi connectivity index (χ0n) is 17.0. The van der Waals surface area contributed by atoms with Gasteiger partial charge in [-0.3, -0.25) is 9.59 Å². The van der Waals surface area contributed by atoms with Crippen LogP contribution in [0.2, 0.25) is 10.0 Å². The minimum absolute atomic E-state index is 0.0940. The summed E-state index contributed by atoms with van der Waals surface area (Å²) in [6, 6.07) is 12.5. The highest BCUT2D eigenvalue weighted by Crippen LogP contribution is 2.32. The van der Waals surface area contributed by atoms with Crippen molar-refractivity contribution >= 4 is 52.0 Å². The van der Waals surface area contributed by atoms with Crippen molar-refractivity contribution in [1.82, 2.24) is 9.88 Å². The van der Waals surface area contributed by atoms with Crippen LogP contribution in [0.1, 0.15) is 12.6 Å². The molecule has 31 heavy (non-hydrogen) atoms. The van der Waals surface area contributed by atoms with E-state index in [0.29, 0.717) is 28.0 Å². The molecule has 0 unspecified atom stereocenters. The van der Waals surface area contributed by atoms with Crippen LogP contribution < -0.4 is 10.1 Å². The molecule has 0 saturated heterocycles. The number of halogens is 2. The van der Waals surface area contributed by atoms with E-state index in [1.165, 1.54) is 16.2 Å². The molecule has 3 rings (SSSR count). The van der Waals surface area contributed by atoms with Gasteiger partial charge in [-0.05, 0) is 37.3 Å². The third-order valence-electron chi connectivity index (χ3n) is 4.31. The Morgan fingerprint density at radius 3 is 2.68 bits per heavy atom. The number of anilines is 1. The fraction of sp³-hybridized carbons (Fsp3) is 0.227. The Hall–Kier alpha value is -2.61. The van der Waals surface area contributed by atoms with Crippen LogP contribution in [0.3, 0.4) is 0 Å². The van der Waals surface area contributed by atoms with E-state index in [1.807, 2.05) is 36.6 Å². The van der Waals surface area contributed by atoms with Crippen molar-refractivity contribution in [2.45, 2.75) is 13.3 Å². The van der Waals surface area contributed by atoms with Crippen LogP contribution in [0.15, 0.2) is 47.8 Å². The summed E-state index contributed by atoms with van der Waals surface area (Å²) in [5, 5.41) is 6.07. The highest BCUT2D eigenvalue weighted by atomic mass is 35.5. The number of aromatic nitrogens is 1. The molecule has 0 atom stereocenters. The maximum absolute atomic E-state index is 12.6. The van der Waals surface area contributed by atoms with Crippen molar-refractivity contribution in [1.29, 1.82) is 0 Å². The molecule has 1 aromatic heterocycles. The van der Waals surface area contributed by atoms with Gasteiger partial charge in [-0.25, -0.2) is 4.98 Å². The molecule has 1 N–H and O–H groups in total. The lowest BCUT2D eigenvalue weighted by molar-refractivity contribution is -0.132. The molecule has 0 fully saturated rings. The fourth-order valence-corrected chi connectivity index (χ4v) is 3.95. The second kappa shape index (κ2) is 10.6. The summed E-state index contributed by atoms with van der Waals surface area (Å²) in [5.74, 6) is 0.214. The van der Waals surface area contributed by atoms with Crippen LogP contribution >= 0.6 is 34.5 Å². The van der Waals surface area contributed by atoms with Gasteiger partial charge in [-0.1, -0.05) is 35.3 Å². The van der Waals surface area contributed by atoms with Crippen molar-refractivity contribution in [2.75, 3.05) is 25.5 Å². The molecule has 0 radical (unpaired) electrons. The largest absolute Gasteiger partial charge is 0.493 e. The molecule has 0 aliphatic heterocycles. The van der Waals surface area contributed by atoms with Gasteiger partial charge in [-0.2, -0.15) is 0 Å². The number of para-hydroxylation sites is 1. The maximum atomic E-state index is 12.6. The quantitative estimate of drug-likeness (QED) is 0.486. The third-order valence-corrected chi connectivity index (χ3v) is 5.97. The average molecular weight is 478 g/mol. The number of nitrogens with one attached hydrogen (secondary N) is 1. The van der Waals surface area contributed by atoms with Crippen molar-refractivity contribution in [3.05, 3.63) is 63.6 Å². The molecular formula is C22H21Cl2N3O3S. The van der Waals surface area contributed by atoms with Gasteiger partial charge >= 0.3 is 0 Å². The maximum Gasteiger partial charge on any atom is 0.243 e. The highest BCUT2D eigenvalue weighted by molar-refractivity contribution is 7.13. The molecule has 3 aromatic rings. The van der Waals surface area contributed by atoms with Crippen LogP contribution in [-0.2, 0) is 16.0 Å². The number of ether oxygens (including phenoxy) is 1. The number of carbonyl (C=O) groups excluding carboxylic acids is 2. The van der Waals surface area contributed by atoms with Gasteiger partial charge in [-0.15, -0.1) is 11.3 Å². The number of hydrogen-bond donors (Lipinski definition) is 1. The molecule has 2 amide bonds. The van der Waals surface area contributed by atoms with E-state index >= 15 is 0 Å². The van der Waals surface area contributed by atoms with Crippen LogP contribution in [0.5, 0.6) is 5.75 Å². The monoisotopic (exact) mass is 477 g/mol. The number of hydrogen-bond acceptors (Lipinski definition) is 5. The third kappa shape index (κ3) is 6.19. The van der Waals surface area contributed by atoms with Crippen molar-refractivity contribution in [3.63, 3.8) is 0 Å². The molecule has 0 saturated carbocycles. The van der Waals surface area contributed by atoms with Crippen LogP contribution in [0.25, 0.3) is 10.6 Å². The van der Waals surface area contributed by atoms with E-state index in [4.69, 9.17) is 27.9 Å². The van der Waals surface area contributed by atoms with E-state index in [9.17, 15) is 9.59 Å². The van der Waals surface area contributed by atoms with E-state index in [1.54, 1.807) is 25.2 Å². The molecule has 0 aliphatic rings. The number of benzene rings is 2. The lowest BCUT2D eigenvalue weighted by Crippen LogP contribution is -2.35. The Bertz CT molecular complexity index is 1090. The lowest BCUT2D eigenvalue weighted by atomic mass is 10.2. The van der Waals surface area contributed by atoms with Gasteiger partial charge in [0.05, 0.1) is 40.9 Å². The Labute approximate surface area is 194 Å². The van der Waals surface area contributed by atoms with E-state index in [2.05, 4.69) is 10.3 Å². The lowest BCUT2D eigenvalue weighted by Gasteiger charge is -2.16. The number of likely N-dealkylation sites (N-methyl/N-ethyl adjacent to an activating group) is 1. The SMILES string of the molecule is CCOc1ccccc1-c1nc(CC(=O)N(C)CC(=O)Nc2ccc(Cl)c(Cl)c2)cs1. The summed E-state index contributed by atoms with van der Waals surface area (Å²) in [5.41, 5.74) is 2.05. The Balaban J connectivity index is 1.59. The molecule has 0 spiro atoms. The topological polar surface area (TPSA) is 71.5 Å². The standard InChI is InChI=1S/C22H21Cl2N3O3S/c1-3-30-19-7-5-4-6-16(19)22-26-15(13-31-22)11-21(29)27(2)12-20(28)25-14-8-9-17(23)18(24)10-14/h4-10,13H,3,11-12H2,1-2H3,(H,25,28). The van der Waals surface area contributed by atoms with Gasteiger partial charge in [0.25, 0.3) is 0 Å². The first-order valence-electron chi connectivity index (χ1n) is 9.52. The van der Waals surface area contributed by atoms with Crippen molar-refractivity contribution < 1.29 is 14.3 Å². The summed E-state index contributed by atoms with van der Waals surface area (Å²) in [4.78, 5) is 30.8. The molecule has 0 aliphatic carbocycles. The second-order valence-electron chi connectivity index (χ2n) is 6.68. The predicted molar refractivity (Wildman–Crippen MR) is 125 cm³/mol. The minimum Gasteiger partial charge on any atom is -0.493 e. The molecule has 1 heterocycles. The number of rotatable bonds is 8. The Morgan fingerprint density at radius 2 is 1.94 bits per heavy atom. The minimum atomic E-state index is -0.334. The van der Waals surface area contributed by atoms with E-state index in [-0.39, 0.29) is 24.8 Å². The van der Waals surface area contributed by atoms with E-state index < -0.39 is 0 Å². The van der Waals surface area contributed by atoms with Crippen LogP contribution in [0, 0.1) is 0 Å². The number of nitrogens with zero attached hydrogens (tertiary/aromatic N) is 2. The molecule has 0 bridgehead atoms. The summed E-state index contributed by atoms with van der Waals surface area (Å²) in [6.45, 7) is 2.39. The van der Waals surface area contributed by atoms with Gasteiger partial charge in [0.2, 0.25) is 11.8 Å². The van der Waals surface area contributed by atoms with Crippen LogP contribution in [-0.4, -0.2) is 41.9 Å². The van der Waals surface area contributed by atoms with Gasteiger partial charge < -0.3 is 15.0 Å². The van der Waals surface area contributed by atoms with Gasteiger partial charge in [0, 0.05) is 18.1 Å². The summed E-state index contributed by atoms with van der Waals surface area (Å²) >= 11 is 13.3. The number of carbonyl (C=O) groups is 2. The first-order valence-corrected chi connectivity index (χ1v) is 11.2. The van der Waals surface area contributed by atoms with E-state index in [0.717, 1.165) is 16.3 Å². The molecular weight excluding hydrogens is 457 g/mol. The first-order chi connectivity index (χ1) is 14.9. The average Bonchev–Trinajstić information content (AvgIpc) is 3.19. The molecule has 2 aromatic carbocycles. The Morgan fingerprint density at radius 1 is 1.16 bits per heavy atom. The summed E-state index contributed by atoms with van der Waals surface area (Å²) in [7, 11) is 1.58. The summed E-state index contributed by atoms with van der Waals surface area (Å²) in [6.07, 6.45) is 0.101. The molecule has 6 nitrogen and oxygen atoms in total. The zero-order valence-corrected chi connectivity index (χ0v) is 19.4. The fourth-order valence-electron chi connectivity index (χ4n) is 2.80. The number of thiazole rings is 1. The molecule has 9 heteroatoms. The highest BCUT2D eigenvalue weighted by Gasteiger charge is 2.17. The van der Waals surface area contributed by atoms with Crippen molar-refractivity contribution in [2.24, 2.45) is 0 Å². The molecule has 162 valence electrons. The normalized spacial score (nSPS) is 10.6. The zero-order chi connectivity index (χ0) is 22.4. The van der Waals surface area contributed by atoms with Crippen molar-refractivity contribution in [3.8, 4) is 16.3 Å². The summed E-state index contributed by atoms with van der Waals surface area (Å²) < 4.78 is 5.66. The van der Waals surface area contributed by atoms with Gasteiger partial charge in [0.1, 0.15) is 10.8 Å². The second-order valence-corrected chi connectivity index (χ2v) is 8.35. The number of amides is 2. The smallest absolute Gasteiger partial charge is 0.243 e. The van der Waals surface area contributed by atoms with Crippen LogP contribution in [0.4, 0.5) is 5.69 Å². The predicted octanol–water partition coefficient (Wildman–Crippen LogP) is 5.16. The Kier molecular flexibility index (Phi) is 7.90. The van der Waals surface area contributed by atoms with Gasteiger partial charge in [0.15, 0.2) is 0 Å².